The van der Waals surface area contributed by atoms with Crippen LogP contribution in [0.3, 0.4) is 0 Å². The molecule has 110 valence electrons. The van der Waals surface area contributed by atoms with Crippen LogP contribution in [0, 0.1) is 0 Å². The highest BCUT2D eigenvalue weighted by Crippen LogP contribution is 2.01. The zero-order valence-electron chi connectivity index (χ0n) is 11.6. The first-order chi connectivity index (χ1) is 8.96. The number of carboxylic acids is 1. The lowest BCUT2D eigenvalue weighted by molar-refractivity contribution is -0.144. The Balaban J connectivity index is 4.38. The van der Waals surface area contributed by atoms with E-state index >= 15 is 0 Å². The first-order valence-electron chi connectivity index (χ1n) is 6.40. The van der Waals surface area contributed by atoms with Crippen molar-refractivity contribution in [1.82, 2.24) is 10.2 Å². The molecule has 1 atom stereocenters. The third-order valence-corrected chi connectivity index (χ3v) is 2.59. The number of ether oxygens (including phenoxy) is 1. The van der Waals surface area contributed by atoms with E-state index in [2.05, 4.69) is 5.32 Å². The normalized spacial score (nSPS) is 11.5. The van der Waals surface area contributed by atoms with Gasteiger partial charge in [-0.3, -0.25) is 4.79 Å². The van der Waals surface area contributed by atoms with Crippen molar-refractivity contribution < 1.29 is 24.2 Å². The third-order valence-electron chi connectivity index (χ3n) is 2.59. The summed E-state index contributed by atoms with van der Waals surface area (Å²) in [5.74, 6) is -1.63. The van der Waals surface area contributed by atoms with E-state index in [9.17, 15) is 14.4 Å². The highest BCUT2D eigenvalue weighted by Gasteiger charge is 2.23. The average Bonchev–Trinajstić information content (AvgIpc) is 2.35. The van der Waals surface area contributed by atoms with Crippen LogP contribution in [0.4, 0.5) is 4.79 Å². The zero-order valence-corrected chi connectivity index (χ0v) is 11.6. The number of urea groups is 1. The van der Waals surface area contributed by atoms with Gasteiger partial charge in [0.25, 0.3) is 0 Å². The minimum Gasteiger partial charge on any atom is -0.480 e. The summed E-state index contributed by atoms with van der Waals surface area (Å²) in [6, 6.07) is -1.53. The molecule has 7 nitrogen and oxygen atoms in total. The number of esters is 1. The van der Waals surface area contributed by atoms with Crippen LogP contribution in [-0.4, -0.2) is 53.7 Å². The van der Waals surface area contributed by atoms with Gasteiger partial charge in [-0.25, -0.2) is 9.59 Å². The number of carbonyl (C=O) groups excluding carboxylic acids is 2. The van der Waals surface area contributed by atoms with E-state index in [1.165, 1.54) is 4.90 Å². The summed E-state index contributed by atoms with van der Waals surface area (Å²) in [5, 5.41) is 11.4. The largest absolute Gasteiger partial charge is 0.480 e. The zero-order chi connectivity index (χ0) is 14.8. The van der Waals surface area contributed by atoms with Crippen molar-refractivity contribution in [2.75, 3.05) is 19.7 Å². The van der Waals surface area contributed by atoms with Crippen LogP contribution in [0.1, 0.15) is 33.6 Å². The molecule has 0 saturated heterocycles. The molecule has 0 spiro atoms. The van der Waals surface area contributed by atoms with E-state index in [1.807, 2.05) is 0 Å². The number of carbonyl (C=O) groups is 3. The summed E-state index contributed by atoms with van der Waals surface area (Å²) in [6.45, 7) is 6.52. The number of nitrogens with zero attached hydrogens (tertiary/aromatic N) is 1. The van der Waals surface area contributed by atoms with Gasteiger partial charge in [-0.2, -0.15) is 0 Å². The molecule has 2 N–H and O–H groups in total. The molecule has 0 aromatic carbocycles. The molecule has 2 amide bonds. The number of nitrogens with one attached hydrogen (secondary N) is 1. The Hall–Kier alpha value is -1.79. The molecule has 19 heavy (non-hydrogen) atoms. The molecule has 0 aromatic rings. The van der Waals surface area contributed by atoms with E-state index in [-0.39, 0.29) is 19.4 Å². The van der Waals surface area contributed by atoms with Crippen LogP contribution in [0.25, 0.3) is 0 Å². The third kappa shape index (κ3) is 6.64. The number of amides is 2. The molecular weight excluding hydrogens is 252 g/mol. The van der Waals surface area contributed by atoms with Crippen molar-refractivity contribution in [3.63, 3.8) is 0 Å². The van der Waals surface area contributed by atoms with Crippen LogP contribution in [0.15, 0.2) is 0 Å². The number of carboxylic acid groups (broad SMARTS) is 1. The fourth-order valence-electron chi connectivity index (χ4n) is 1.50. The number of hydrogen-bond donors (Lipinski definition) is 2. The average molecular weight is 274 g/mol. The van der Waals surface area contributed by atoms with Gasteiger partial charge >= 0.3 is 18.0 Å². The number of hydrogen-bond acceptors (Lipinski definition) is 4. The van der Waals surface area contributed by atoms with Crippen LogP contribution < -0.4 is 5.32 Å². The summed E-state index contributed by atoms with van der Waals surface area (Å²) >= 11 is 0. The molecule has 0 aliphatic heterocycles. The number of rotatable bonds is 8. The van der Waals surface area contributed by atoms with Gasteiger partial charge in [-0.15, -0.1) is 0 Å². The van der Waals surface area contributed by atoms with E-state index in [1.54, 1.807) is 20.8 Å². The molecule has 0 rings (SSSR count). The Morgan fingerprint density at radius 3 is 2.21 bits per heavy atom. The maximum Gasteiger partial charge on any atom is 0.326 e. The Morgan fingerprint density at radius 2 is 1.79 bits per heavy atom. The Morgan fingerprint density at radius 1 is 1.21 bits per heavy atom. The smallest absolute Gasteiger partial charge is 0.326 e. The van der Waals surface area contributed by atoms with E-state index in [0.717, 1.165) is 0 Å². The first-order valence-corrected chi connectivity index (χ1v) is 6.40. The van der Waals surface area contributed by atoms with Crippen molar-refractivity contribution in [2.24, 2.45) is 0 Å². The highest BCUT2D eigenvalue weighted by atomic mass is 16.5. The maximum absolute atomic E-state index is 11.7. The lowest BCUT2D eigenvalue weighted by atomic mass is 10.1. The quantitative estimate of drug-likeness (QED) is 0.639. The standard InChI is InChI=1S/C12H22N2O5/c1-4-14(5-2)12(18)13-9(11(16)17)7-8-10(15)19-6-3/h9H,4-8H2,1-3H3,(H,13,18)(H,16,17)/t9-/m0/s1. The second kappa shape index (κ2) is 9.18. The predicted molar refractivity (Wildman–Crippen MR) is 68.7 cm³/mol. The molecule has 0 aliphatic carbocycles. The monoisotopic (exact) mass is 274 g/mol. The molecule has 0 unspecified atom stereocenters. The van der Waals surface area contributed by atoms with Crippen molar-refractivity contribution >= 4 is 18.0 Å². The van der Waals surface area contributed by atoms with E-state index in [0.29, 0.717) is 13.1 Å². The molecule has 0 aromatic heterocycles. The van der Waals surface area contributed by atoms with Gasteiger partial charge in [0.2, 0.25) is 0 Å². The summed E-state index contributed by atoms with van der Waals surface area (Å²) < 4.78 is 4.71. The second-order valence-electron chi connectivity index (χ2n) is 3.86. The highest BCUT2D eigenvalue weighted by molar-refractivity contribution is 5.83. The molecule has 0 saturated carbocycles. The molecule has 0 aliphatic rings. The van der Waals surface area contributed by atoms with Gasteiger partial charge in [0.15, 0.2) is 0 Å². The van der Waals surface area contributed by atoms with Crippen molar-refractivity contribution in [2.45, 2.75) is 39.7 Å². The van der Waals surface area contributed by atoms with Gasteiger partial charge in [0.05, 0.1) is 6.61 Å². The topological polar surface area (TPSA) is 95.9 Å². The number of aliphatic carboxylic acids is 1. The lowest BCUT2D eigenvalue weighted by Crippen LogP contribution is -2.48. The fourth-order valence-corrected chi connectivity index (χ4v) is 1.50. The van der Waals surface area contributed by atoms with E-state index < -0.39 is 24.0 Å². The van der Waals surface area contributed by atoms with Gasteiger partial charge < -0.3 is 20.1 Å². The minimum absolute atomic E-state index is 0.0151. The maximum atomic E-state index is 11.7. The predicted octanol–water partition coefficient (Wildman–Crippen LogP) is 0.834. The second-order valence-corrected chi connectivity index (χ2v) is 3.86. The van der Waals surface area contributed by atoms with Crippen molar-refractivity contribution in [3.8, 4) is 0 Å². The molecule has 0 fully saturated rings. The van der Waals surface area contributed by atoms with Crippen LogP contribution in [0.5, 0.6) is 0 Å². The molecule has 7 heteroatoms. The Bertz CT molecular complexity index is 315. The van der Waals surface area contributed by atoms with Crippen LogP contribution >= 0.6 is 0 Å². The van der Waals surface area contributed by atoms with Crippen LogP contribution in [-0.2, 0) is 14.3 Å². The SMILES string of the molecule is CCOC(=O)CC[C@H](NC(=O)N(CC)CC)C(=O)O. The minimum atomic E-state index is -1.16. The van der Waals surface area contributed by atoms with Gasteiger partial charge in [0, 0.05) is 19.5 Å². The van der Waals surface area contributed by atoms with Crippen molar-refractivity contribution in [3.05, 3.63) is 0 Å². The molecule has 0 radical (unpaired) electrons. The summed E-state index contributed by atoms with van der Waals surface area (Å²) in [4.78, 5) is 35.4. The lowest BCUT2D eigenvalue weighted by Gasteiger charge is -2.22. The molecule has 0 bridgehead atoms. The fraction of sp³-hybridized carbons (Fsp3) is 0.750. The van der Waals surface area contributed by atoms with Crippen LogP contribution in [0.2, 0.25) is 0 Å². The van der Waals surface area contributed by atoms with E-state index in [4.69, 9.17) is 9.84 Å². The van der Waals surface area contributed by atoms with Gasteiger partial charge in [-0.1, -0.05) is 0 Å². The summed E-state index contributed by atoms with van der Waals surface area (Å²) in [7, 11) is 0. The molecule has 0 heterocycles. The van der Waals surface area contributed by atoms with Gasteiger partial charge in [-0.05, 0) is 27.2 Å². The first kappa shape index (κ1) is 17.2. The Kier molecular flexibility index (Phi) is 8.32. The van der Waals surface area contributed by atoms with Crippen molar-refractivity contribution in [1.29, 1.82) is 0 Å². The summed E-state index contributed by atoms with van der Waals surface area (Å²) in [5.41, 5.74) is 0. The molecular formula is C12H22N2O5. The summed E-state index contributed by atoms with van der Waals surface area (Å²) in [6.07, 6.45) is -0.0233. The van der Waals surface area contributed by atoms with Gasteiger partial charge in [0.1, 0.15) is 6.04 Å². The Labute approximate surface area is 112 Å².